The second-order valence-electron chi connectivity index (χ2n) is 5.17. The highest BCUT2D eigenvalue weighted by Crippen LogP contribution is 2.13. The number of non-ortho nitro benzene ring substituents is 1. The molecule has 24 heavy (non-hydrogen) atoms. The average Bonchev–Trinajstić information content (AvgIpc) is 2.51. The first-order valence-corrected chi connectivity index (χ1v) is 7.27. The summed E-state index contributed by atoms with van der Waals surface area (Å²) >= 11 is 0. The number of carbonyl (C=O) groups is 3. The number of nitrogens with one attached hydrogen (secondary N) is 1. The van der Waals surface area contributed by atoms with Gasteiger partial charge in [-0.2, -0.15) is 0 Å². The molecule has 0 spiro atoms. The Morgan fingerprint density at radius 3 is 2.25 bits per heavy atom. The molecule has 9 heteroatoms. The predicted octanol–water partition coefficient (Wildman–Crippen LogP) is 1.35. The largest absolute Gasteiger partial charge is 0.481 e. The van der Waals surface area contributed by atoms with E-state index in [1.54, 1.807) is 12.1 Å². The van der Waals surface area contributed by atoms with Crippen molar-refractivity contribution < 1.29 is 29.5 Å². The normalized spacial score (nSPS) is 11.5. The average molecular weight is 338 g/mol. The second kappa shape index (κ2) is 9.23. The third-order valence-electron chi connectivity index (χ3n) is 3.30. The van der Waals surface area contributed by atoms with Crippen molar-refractivity contribution in [3.05, 3.63) is 39.9 Å². The van der Waals surface area contributed by atoms with Gasteiger partial charge >= 0.3 is 11.9 Å². The van der Waals surface area contributed by atoms with E-state index < -0.39 is 28.8 Å². The number of hydrogen-bond donors (Lipinski definition) is 3. The third-order valence-corrected chi connectivity index (χ3v) is 3.30. The van der Waals surface area contributed by atoms with Crippen LogP contribution in [0.1, 0.15) is 31.2 Å². The number of nitro benzene ring substituents is 1. The number of amides is 1. The quantitative estimate of drug-likeness (QED) is 0.431. The first-order valence-electron chi connectivity index (χ1n) is 7.27. The van der Waals surface area contributed by atoms with Crippen molar-refractivity contribution >= 4 is 23.5 Å². The molecule has 0 unspecified atom stereocenters. The molecule has 0 aliphatic rings. The number of benzene rings is 1. The number of aryl methyl sites for hydroxylation is 1. The second-order valence-corrected chi connectivity index (χ2v) is 5.17. The Labute approximate surface area is 137 Å². The SMILES string of the molecule is O=C(O)CC[C@H](NC(=O)CCCc1ccc([N+](=O)[O-])cc1)C(=O)O. The first-order chi connectivity index (χ1) is 11.3. The van der Waals surface area contributed by atoms with Gasteiger partial charge < -0.3 is 15.5 Å². The van der Waals surface area contributed by atoms with Crippen LogP contribution in [0.3, 0.4) is 0 Å². The van der Waals surface area contributed by atoms with Crippen LogP contribution in [-0.4, -0.2) is 39.0 Å². The molecule has 0 aliphatic heterocycles. The lowest BCUT2D eigenvalue weighted by atomic mass is 10.1. The standard InChI is InChI=1S/C15H18N2O7/c18-13(16-12(15(21)22)8-9-14(19)20)3-1-2-10-4-6-11(7-5-10)17(23)24/h4-7,12H,1-3,8-9H2,(H,16,18)(H,19,20)(H,21,22)/t12-/m0/s1. The summed E-state index contributed by atoms with van der Waals surface area (Å²) in [4.78, 5) is 43.2. The van der Waals surface area contributed by atoms with Gasteiger partial charge in [0, 0.05) is 25.0 Å². The summed E-state index contributed by atoms with van der Waals surface area (Å²) in [6, 6.07) is 4.73. The van der Waals surface area contributed by atoms with E-state index >= 15 is 0 Å². The van der Waals surface area contributed by atoms with Crippen LogP contribution < -0.4 is 5.32 Å². The van der Waals surface area contributed by atoms with E-state index in [0.29, 0.717) is 12.8 Å². The highest BCUT2D eigenvalue weighted by molar-refractivity contribution is 5.83. The Bertz CT molecular complexity index is 613. The minimum absolute atomic E-state index is 0.0146. The zero-order chi connectivity index (χ0) is 18.1. The maximum Gasteiger partial charge on any atom is 0.326 e. The highest BCUT2D eigenvalue weighted by atomic mass is 16.6. The summed E-state index contributed by atoms with van der Waals surface area (Å²) in [5, 5.41) is 30.3. The van der Waals surface area contributed by atoms with Crippen LogP contribution in [0, 0.1) is 10.1 Å². The molecule has 130 valence electrons. The molecule has 0 radical (unpaired) electrons. The van der Waals surface area contributed by atoms with Crippen LogP contribution in [-0.2, 0) is 20.8 Å². The maximum atomic E-state index is 11.7. The van der Waals surface area contributed by atoms with Crippen molar-refractivity contribution in [1.82, 2.24) is 5.32 Å². The number of nitrogens with zero attached hydrogens (tertiary/aromatic N) is 1. The molecule has 9 nitrogen and oxygen atoms in total. The van der Waals surface area contributed by atoms with Crippen LogP contribution in [0.5, 0.6) is 0 Å². The lowest BCUT2D eigenvalue weighted by Gasteiger charge is -2.13. The number of hydrogen-bond acceptors (Lipinski definition) is 5. The molecule has 0 saturated heterocycles. The molecular formula is C15H18N2O7. The van der Waals surface area contributed by atoms with Gasteiger partial charge in [0.15, 0.2) is 0 Å². The molecule has 1 aromatic rings. The fourth-order valence-electron chi connectivity index (χ4n) is 2.03. The zero-order valence-corrected chi connectivity index (χ0v) is 12.8. The summed E-state index contributed by atoms with van der Waals surface area (Å²) in [5.41, 5.74) is 0.813. The zero-order valence-electron chi connectivity index (χ0n) is 12.8. The van der Waals surface area contributed by atoms with Gasteiger partial charge in [0.2, 0.25) is 5.91 Å². The molecule has 0 aliphatic carbocycles. The smallest absolute Gasteiger partial charge is 0.326 e. The van der Waals surface area contributed by atoms with E-state index in [1.807, 2.05) is 0 Å². The van der Waals surface area contributed by atoms with Gasteiger partial charge in [-0.3, -0.25) is 19.7 Å². The molecule has 1 aromatic carbocycles. The molecule has 1 atom stereocenters. The molecule has 3 N–H and O–H groups in total. The maximum absolute atomic E-state index is 11.7. The van der Waals surface area contributed by atoms with Crippen molar-refractivity contribution in [1.29, 1.82) is 0 Å². The van der Waals surface area contributed by atoms with Crippen LogP contribution in [0.2, 0.25) is 0 Å². The van der Waals surface area contributed by atoms with Gasteiger partial charge in [-0.25, -0.2) is 4.79 Å². The van der Waals surface area contributed by atoms with Gasteiger partial charge in [0.25, 0.3) is 5.69 Å². The monoisotopic (exact) mass is 338 g/mol. The number of carbonyl (C=O) groups excluding carboxylic acids is 1. The Morgan fingerprint density at radius 1 is 1.12 bits per heavy atom. The lowest BCUT2D eigenvalue weighted by molar-refractivity contribution is -0.384. The van der Waals surface area contributed by atoms with Crippen molar-refractivity contribution in [3.8, 4) is 0 Å². The highest BCUT2D eigenvalue weighted by Gasteiger charge is 2.20. The van der Waals surface area contributed by atoms with Gasteiger partial charge in [-0.15, -0.1) is 0 Å². The summed E-state index contributed by atoms with van der Waals surface area (Å²) in [6.45, 7) is 0. The van der Waals surface area contributed by atoms with Crippen LogP contribution >= 0.6 is 0 Å². The number of aliphatic carboxylic acids is 2. The number of carboxylic acid groups (broad SMARTS) is 2. The van der Waals surface area contributed by atoms with Gasteiger partial charge in [0.1, 0.15) is 6.04 Å². The Morgan fingerprint density at radius 2 is 1.75 bits per heavy atom. The summed E-state index contributed by atoms with van der Waals surface area (Å²) in [5.74, 6) is -2.89. The predicted molar refractivity (Wildman–Crippen MR) is 82.5 cm³/mol. The fourth-order valence-corrected chi connectivity index (χ4v) is 2.03. The number of rotatable bonds is 10. The Balaban J connectivity index is 2.40. The Hall–Kier alpha value is -2.97. The number of nitro groups is 1. The van der Waals surface area contributed by atoms with Crippen LogP contribution in [0.15, 0.2) is 24.3 Å². The van der Waals surface area contributed by atoms with E-state index in [2.05, 4.69) is 5.32 Å². The molecule has 0 saturated carbocycles. The molecule has 0 aromatic heterocycles. The van der Waals surface area contributed by atoms with E-state index in [9.17, 15) is 24.5 Å². The van der Waals surface area contributed by atoms with Gasteiger partial charge in [-0.1, -0.05) is 12.1 Å². The third kappa shape index (κ3) is 6.86. The van der Waals surface area contributed by atoms with E-state index in [0.717, 1.165) is 5.56 Å². The van der Waals surface area contributed by atoms with Gasteiger partial charge in [-0.05, 0) is 24.8 Å². The van der Waals surface area contributed by atoms with Crippen molar-refractivity contribution in [2.24, 2.45) is 0 Å². The lowest BCUT2D eigenvalue weighted by Crippen LogP contribution is -2.41. The van der Waals surface area contributed by atoms with Crippen LogP contribution in [0.25, 0.3) is 0 Å². The molecule has 1 rings (SSSR count). The summed E-state index contributed by atoms with van der Waals surface area (Å²) in [7, 11) is 0. The summed E-state index contributed by atoms with van der Waals surface area (Å²) in [6.07, 6.45) is 0.500. The first kappa shape index (κ1) is 19.1. The fraction of sp³-hybridized carbons (Fsp3) is 0.400. The van der Waals surface area contributed by atoms with Crippen LogP contribution in [0.4, 0.5) is 5.69 Å². The van der Waals surface area contributed by atoms with Crippen molar-refractivity contribution in [3.63, 3.8) is 0 Å². The van der Waals surface area contributed by atoms with Crippen molar-refractivity contribution in [2.75, 3.05) is 0 Å². The molecule has 0 fully saturated rings. The minimum atomic E-state index is -1.28. The minimum Gasteiger partial charge on any atom is -0.481 e. The molecule has 0 heterocycles. The van der Waals surface area contributed by atoms with Gasteiger partial charge in [0.05, 0.1) is 4.92 Å². The van der Waals surface area contributed by atoms with Crippen molar-refractivity contribution in [2.45, 2.75) is 38.1 Å². The topological polar surface area (TPSA) is 147 Å². The Kier molecular flexibility index (Phi) is 7.34. The van der Waals surface area contributed by atoms with E-state index in [1.165, 1.54) is 12.1 Å². The van der Waals surface area contributed by atoms with E-state index in [-0.39, 0.29) is 24.9 Å². The summed E-state index contributed by atoms with van der Waals surface area (Å²) < 4.78 is 0. The molecular weight excluding hydrogens is 320 g/mol. The molecule has 0 bridgehead atoms. The number of carboxylic acids is 2. The van der Waals surface area contributed by atoms with E-state index in [4.69, 9.17) is 10.2 Å². The molecule has 1 amide bonds.